The van der Waals surface area contributed by atoms with E-state index in [0.29, 0.717) is 6.54 Å². The summed E-state index contributed by atoms with van der Waals surface area (Å²) in [5.41, 5.74) is 5.30. The van der Waals surface area contributed by atoms with Crippen molar-refractivity contribution < 1.29 is 8.42 Å². The zero-order valence-electron chi connectivity index (χ0n) is 10.3. The zero-order chi connectivity index (χ0) is 12.5. The summed E-state index contributed by atoms with van der Waals surface area (Å²) >= 11 is 0. The van der Waals surface area contributed by atoms with Gasteiger partial charge < -0.3 is 10.6 Å². The second-order valence-electron chi connectivity index (χ2n) is 5.29. The summed E-state index contributed by atoms with van der Waals surface area (Å²) in [5.74, 6) is 0. The van der Waals surface area contributed by atoms with Crippen LogP contribution in [0.15, 0.2) is 0 Å². The molecule has 0 unspecified atom stereocenters. The zero-order valence-corrected chi connectivity index (χ0v) is 11.1. The van der Waals surface area contributed by atoms with Gasteiger partial charge in [0.1, 0.15) is 0 Å². The number of rotatable bonds is 5. The molecule has 0 bridgehead atoms. The van der Waals surface area contributed by atoms with Crippen molar-refractivity contribution in [1.82, 2.24) is 14.3 Å². The number of likely N-dealkylation sites (tertiary alicyclic amines) is 1. The summed E-state index contributed by atoms with van der Waals surface area (Å²) in [5, 5.41) is 0. The van der Waals surface area contributed by atoms with Gasteiger partial charge in [0.2, 0.25) is 0 Å². The third-order valence-electron chi connectivity index (χ3n) is 3.58. The predicted molar refractivity (Wildman–Crippen MR) is 66.7 cm³/mol. The van der Waals surface area contributed by atoms with Gasteiger partial charge in [-0.15, -0.1) is 0 Å². The first-order chi connectivity index (χ1) is 7.95. The van der Waals surface area contributed by atoms with E-state index in [-0.39, 0.29) is 6.04 Å². The summed E-state index contributed by atoms with van der Waals surface area (Å²) in [6, 6.07) is 0.133. The minimum Gasteiger partial charge on any atom is -0.329 e. The van der Waals surface area contributed by atoms with Crippen LogP contribution in [0.5, 0.6) is 0 Å². The molecule has 1 aliphatic carbocycles. The molecule has 0 atom stereocenters. The maximum atomic E-state index is 11.9. The summed E-state index contributed by atoms with van der Waals surface area (Å²) in [6.45, 7) is 2.11. The first kappa shape index (κ1) is 13.2. The van der Waals surface area contributed by atoms with Crippen LogP contribution in [0.1, 0.15) is 25.7 Å². The van der Waals surface area contributed by atoms with Crippen LogP contribution < -0.4 is 15.2 Å². The smallest absolute Gasteiger partial charge is 0.277 e. The molecule has 0 aromatic rings. The van der Waals surface area contributed by atoms with Crippen molar-refractivity contribution in [2.45, 2.75) is 37.3 Å². The van der Waals surface area contributed by atoms with Crippen molar-refractivity contribution in [3.63, 3.8) is 0 Å². The third-order valence-corrected chi connectivity index (χ3v) is 4.93. The highest BCUT2D eigenvalue weighted by atomic mass is 32.2. The van der Waals surface area contributed by atoms with Gasteiger partial charge in [-0.3, -0.25) is 0 Å². The maximum Gasteiger partial charge on any atom is 0.277 e. The molecule has 0 amide bonds. The molecular weight excluding hydrogens is 240 g/mol. The van der Waals surface area contributed by atoms with Crippen molar-refractivity contribution >= 4 is 10.2 Å². The quantitative estimate of drug-likeness (QED) is 0.593. The van der Waals surface area contributed by atoms with Gasteiger partial charge in [0.05, 0.1) is 0 Å². The van der Waals surface area contributed by atoms with Gasteiger partial charge in [0, 0.05) is 18.1 Å². The van der Waals surface area contributed by atoms with E-state index >= 15 is 0 Å². The number of hydrogen-bond acceptors (Lipinski definition) is 4. The lowest BCUT2D eigenvalue weighted by Gasteiger charge is -2.40. The molecule has 2 rings (SSSR count). The van der Waals surface area contributed by atoms with E-state index in [4.69, 9.17) is 5.73 Å². The Balaban J connectivity index is 1.98. The van der Waals surface area contributed by atoms with Crippen LogP contribution in [0.4, 0.5) is 0 Å². The molecule has 2 aliphatic rings. The second-order valence-corrected chi connectivity index (χ2v) is 6.73. The molecule has 0 aromatic heterocycles. The third kappa shape index (κ3) is 3.62. The van der Waals surface area contributed by atoms with Crippen molar-refractivity contribution in [1.29, 1.82) is 0 Å². The molecule has 1 aliphatic heterocycles. The molecule has 7 heteroatoms. The molecule has 2 fully saturated rings. The topological polar surface area (TPSA) is 87.5 Å². The van der Waals surface area contributed by atoms with E-state index in [0.717, 1.165) is 38.8 Å². The number of nitrogens with two attached hydrogens (primary N) is 1. The number of piperidine rings is 1. The highest BCUT2D eigenvalue weighted by Crippen LogP contribution is 2.23. The Bertz CT molecular complexity index is 359. The normalized spacial score (nSPS) is 26.0. The van der Waals surface area contributed by atoms with Gasteiger partial charge >= 0.3 is 0 Å². The summed E-state index contributed by atoms with van der Waals surface area (Å²) < 4.78 is 29.2. The van der Waals surface area contributed by atoms with Crippen LogP contribution in [-0.2, 0) is 10.2 Å². The van der Waals surface area contributed by atoms with Gasteiger partial charge in [0.25, 0.3) is 10.2 Å². The maximum absolute atomic E-state index is 11.9. The molecule has 1 heterocycles. The van der Waals surface area contributed by atoms with E-state index < -0.39 is 15.7 Å². The van der Waals surface area contributed by atoms with Crippen LogP contribution in [0.2, 0.25) is 0 Å². The summed E-state index contributed by atoms with van der Waals surface area (Å²) in [4.78, 5) is 2.19. The van der Waals surface area contributed by atoms with Gasteiger partial charge in [0.15, 0.2) is 0 Å². The number of nitrogens with one attached hydrogen (secondary N) is 2. The molecule has 1 saturated carbocycles. The number of nitrogens with zero attached hydrogens (tertiary/aromatic N) is 1. The molecule has 17 heavy (non-hydrogen) atoms. The first-order valence-corrected chi connectivity index (χ1v) is 7.63. The first-order valence-electron chi connectivity index (χ1n) is 6.15. The monoisotopic (exact) mass is 262 g/mol. The Hall–Kier alpha value is -0.210. The Morgan fingerprint density at radius 3 is 2.41 bits per heavy atom. The minimum absolute atomic E-state index is 0.133. The highest BCUT2D eigenvalue weighted by molar-refractivity contribution is 7.87. The molecule has 0 aromatic carbocycles. The van der Waals surface area contributed by atoms with E-state index in [1.807, 2.05) is 7.05 Å². The molecular formula is C10H22N4O2S. The molecule has 0 radical (unpaired) electrons. The molecule has 0 spiro atoms. The number of hydrogen-bond donors (Lipinski definition) is 3. The SMILES string of the molecule is CN1CCC(CN)(NS(=O)(=O)NC2CC2)CC1. The lowest BCUT2D eigenvalue weighted by molar-refractivity contribution is 0.181. The largest absolute Gasteiger partial charge is 0.329 e. The van der Waals surface area contributed by atoms with Crippen molar-refractivity contribution in [3.05, 3.63) is 0 Å². The lowest BCUT2D eigenvalue weighted by Crippen LogP contribution is -2.60. The van der Waals surface area contributed by atoms with Crippen molar-refractivity contribution in [3.8, 4) is 0 Å². The minimum atomic E-state index is -3.40. The van der Waals surface area contributed by atoms with Gasteiger partial charge in [-0.05, 0) is 45.8 Å². The summed E-state index contributed by atoms with van der Waals surface area (Å²) in [6.07, 6.45) is 3.43. The summed E-state index contributed by atoms with van der Waals surface area (Å²) in [7, 11) is -1.37. The molecule has 4 N–H and O–H groups in total. The van der Waals surface area contributed by atoms with Crippen LogP contribution in [0, 0.1) is 0 Å². The average molecular weight is 262 g/mol. The highest BCUT2D eigenvalue weighted by Gasteiger charge is 2.37. The Morgan fingerprint density at radius 2 is 1.94 bits per heavy atom. The van der Waals surface area contributed by atoms with E-state index in [9.17, 15) is 8.42 Å². The van der Waals surface area contributed by atoms with Crippen LogP contribution in [0.25, 0.3) is 0 Å². The van der Waals surface area contributed by atoms with Crippen molar-refractivity contribution in [2.75, 3.05) is 26.7 Å². The molecule has 1 saturated heterocycles. The van der Waals surface area contributed by atoms with E-state index in [1.165, 1.54) is 0 Å². The Morgan fingerprint density at radius 1 is 1.35 bits per heavy atom. The average Bonchev–Trinajstić information content (AvgIpc) is 3.04. The van der Waals surface area contributed by atoms with Crippen molar-refractivity contribution in [2.24, 2.45) is 5.73 Å². The molecule has 100 valence electrons. The van der Waals surface area contributed by atoms with E-state index in [2.05, 4.69) is 14.3 Å². The Labute approximate surface area is 103 Å². The standard InChI is InChI=1S/C10H22N4O2S/c1-14-6-4-10(8-11,5-7-14)13-17(15,16)12-9-2-3-9/h9,12-13H,2-8,11H2,1H3. The Kier molecular flexibility index (Phi) is 3.74. The van der Waals surface area contributed by atoms with Crippen LogP contribution in [0.3, 0.4) is 0 Å². The van der Waals surface area contributed by atoms with Gasteiger partial charge in [-0.2, -0.15) is 17.9 Å². The fourth-order valence-electron chi connectivity index (χ4n) is 2.13. The molecule has 6 nitrogen and oxygen atoms in total. The lowest BCUT2D eigenvalue weighted by atomic mass is 9.89. The fourth-order valence-corrected chi connectivity index (χ4v) is 3.72. The van der Waals surface area contributed by atoms with Crippen LogP contribution in [-0.4, -0.2) is 51.6 Å². The second kappa shape index (κ2) is 4.81. The predicted octanol–water partition coefficient (Wildman–Crippen LogP) is -1.00. The van der Waals surface area contributed by atoms with Gasteiger partial charge in [-0.1, -0.05) is 0 Å². The van der Waals surface area contributed by atoms with E-state index in [1.54, 1.807) is 0 Å². The van der Waals surface area contributed by atoms with Gasteiger partial charge in [-0.25, -0.2) is 0 Å². The van der Waals surface area contributed by atoms with Crippen LogP contribution >= 0.6 is 0 Å². The fraction of sp³-hybridized carbons (Fsp3) is 1.00.